The lowest BCUT2D eigenvalue weighted by molar-refractivity contribution is -0.126. The van der Waals surface area contributed by atoms with Crippen molar-refractivity contribution in [3.05, 3.63) is 0 Å². The quantitative estimate of drug-likeness (QED) is 0.564. The highest BCUT2D eigenvalue weighted by Crippen LogP contribution is 2.14. The van der Waals surface area contributed by atoms with Crippen LogP contribution in [-0.4, -0.2) is 29.5 Å². The van der Waals surface area contributed by atoms with Crippen molar-refractivity contribution >= 4 is 12.0 Å². The predicted molar refractivity (Wildman–Crippen MR) is 37.9 cm³/mol. The minimum atomic E-state index is -0.510. The Morgan fingerprint density at radius 1 is 1.82 bits per heavy atom. The van der Waals surface area contributed by atoms with E-state index < -0.39 is 6.09 Å². The topological polar surface area (TPSA) is 46.6 Å². The number of rotatable bonds is 1. The van der Waals surface area contributed by atoms with Gasteiger partial charge in [0.2, 0.25) is 5.91 Å². The molecule has 4 nitrogen and oxygen atoms in total. The molecule has 62 valence electrons. The normalized spacial score (nSPS) is 23.6. The zero-order valence-corrected chi connectivity index (χ0v) is 6.66. The largest absolute Gasteiger partial charge is 0.447 e. The molecule has 1 unspecified atom stereocenters. The molecule has 0 aromatic heterocycles. The molecule has 0 aromatic rings. The Morgan fingerprint density at radius 2 is 2.45 bits per heavy atom. The fourth-order valence-electron chi connectivity index (χ4n) is 1.15. The van der Waals surface area contributed by atoms with Gasteiger partial charge in [0.25, 0.3) is 0 Å². The molecule has 1 atom stereocenters. The standard InChI is InChI=1S/C7H11NO3/c1-3-6-4-11-7(10)8(6)5(2)9/h6H,3-4H2,1-2H3. The third-order valence-electron chi connectivity index (χ3n) is 1.77. The molecule has 0 bridgehead atoms. The highest BCUT2D eigenvalue weighted by atomic mass is 16.6. The molecular formula is C7H11NO3. The van der Waals surface area contributed by atoms with Crippen molar-refractivity contribution in [2.24, 2.45) is 0 Å². The van der Waals surface area contributed by atoms with Crippen LogP contribution in [0.25, 0.3) is 0 Å². The molecular weight excluding hydrogens is 146 g/mol. The molecule has 1 rings (SSSR count). The number of hydrogen-bond donors (Lipinski definition) is 0. The van der Waals surface area contributed by atoms with Gasteiger partial charge in [0, 0.05) is 6.92 Å². The fourth-order valence-corrected chi connectivity index (χ4v) is 1.15. The summed E-state index contributed by atoms with van der Waals surface area (Å²) in [6, 6.07) is -0.0556. The number of imide groups is 1. The predicted octanol–water partition coefficient (Wildman–Crippen LogP) is 0.764. The maximum absolute atomic E-state index is 10.9. The zero-order chi connectivity index (χ0) is 8.43. The van der Waals surface area contributed by atoms with E-state index in [9.17, 15) is 9.59 Å². The highest BCUT2D eigenvalue weighted by molar-refractivity contribution is 5.92. The minimum Gasteiger partial charge on any atom is -0.447 e. The summed E-state index contributed by atoms with van der Waals surface area (Å²) in [5.41, 5.74) is 0. The maximum atomic E-state index is 10.9. The molecule has 1 aliphatic rings. The Balaban J connectivity index is 2.71. The molecule has 0 aromatic carbocycles. The van der Waals surface area contributed by atoms with E-state index in [1.165, 1.54) is 11.8 Å². The number of ether oxygens (including phenoxy) is 1. The summed E-state index contributed by atoms with van der Waals surface area (Å²) in [5, 5.41) is 0. The Hall–Kier alpha value is -1.06. The molecule has 0 radical (unpaired) electrons. The van der Waals surface area contributed by atoms with Crippen LogP contribution in [0.3, 0.4) is 0 Å². The van der Waals surface area contributed by atoms with E-state index in [1.54, 1.807) is 0 Å². The van der Waals surface area contributed by atoms with Crippen molar-refractivity contribution in [1.29, 1.82) is 0 Å². The highest BCUT2D eigenvalue weighted by Gasteiger charge is 2.34. The SMILES string of the molecule is CCC1COC(=O)N1C(C)=O. The summed E-state index contributed by atoms with van der Waals surface area (Å²) >= 11 is 0. The fraction of sp³-hybridized carbons (Fsp3) is 0.714. The van der Waals surface area contributed by atoms with Crippen LogP contribution in [-0.2, 0) is 9.53 Å². The summed E-state index contributed by atoms with van der Waals surface area (Å²) in [5.74, 6) is -0.237. The van der Waals surface area contributed by atoms with E-state index in [-0.39, 0.29) is 11.9 Å². The van der Waals surface area contributed by atoms with Crippen molar-refractivity contribution in [2.45, 2.75) is 26.3 Å². The first kappa shape index (κ1) is 8.04. The molecule has 1 aliphatic heterocycles. The summed E-state index contributed by atoms with van der Waals surface area (Å²) in [4.78, 5) is 22.9. The second-order valence-electron chi connectivity index (χ2n) is 2.53. The van der Waals surface area contributed by atoms with E-state index in [4.69, 9.17) is 4.74 Å². The van der Waals surface area contributed by atoms with Crippen LogP contribution in [0.1, 0.15) is 20.3 Å². The Bertz CT molecular complexity index is 190. The van der Waals surface area contributed by atoms with Gasteiger partial charge in [-0.3, -0.25) is 4.79 Å². The van der Waals surface area contributed by atoms with Crippen molar-refractivity contribution < 1.29 is 14.3 Å². The Morgan fingerprint density at radius 3 is 2.82 bits per heavy atom. The van der Waals surface area contributed by atoms with Gasteiger partial charge in [-0.2, -0.15) is 0 Å². The number of amides is 2. The number of carbonyl (C=O) groups is 2. The Kier molecular flexibility index (Phi) is 2.12. The summed E-state index contributed by atoms with van der Waals surface area (Å²) in [6.07, 6.45) is 0.245. The summed E-state index contributed by atoms with van der Waals surface area (Å²) < 4.78 is 4.70. The molecule has 0 saturated carbocycles. The number of cyclic esters (lactones) is 1. The van der Waals surface area contributed by atoms with Gasteiger partial charge in [-0.25, -0.2) is 9.69 Å². The van der Waals surface area contributed by atoms with Crippen molar-refractivity contribution in [2.75, 3.05) is 6.61 Å². The van der Waals surface area contributed by atoms with Crippen molar-refractivity contribution in [3.8, 4) is 0 Å². The van der Waals surface area contributed by atoms with Gasteiger partial charge in [0.15, 0.2) is 0 Å². The lowest BCUT2D eigenvalue weighted by Crippen LogP contribution is -2.36. The molecule has 1 fully saturated rings. The first-order valence-electron chi connectivity index (χ1n) is 3.63. The Labute approximate surface area is 65.1 Å². The van der Waals surface area contributed by atoms with E-state index in [0.29, 0.717) is 6.61 Å². The van der Waals surface area contributed by atoms with Gasteiger partial charge in [-0.1, -0.05) is 6.92 Å². The van der Waals surface area contributed by atoms with Crippen LogP contribution in [0, 0.1) is 0 Å². The molecule has 0 aliphatic carbocycles. The molecule has 11 heavy (non-hydrogen) atoms. The van der Waals surface area contributed by atoms with E-state index in [0.717, 1.165) is 6.42 Å². The van der Waals surface area contributed by atoms with Crippen LogP contribution >= 0.6 is 0 Å². The van der Waals surface area contributed by atoms with Gasteiger partial charge >= 0.3 is 6.09 Å². The average Bonchev–Trinajstić information content (AvgIpc) is 2.30. The average molecular weight is 157 g/mol. The van der Waals surface area contributed by atoms with Gasteiger partial charge in [0.05, 0.1) is 6.04 Å². The molecule has 2 amide bonds. The second-order valence-corrected chi connectivity index (χ2v) is 2.53. The third kappa shape index (κ3) is 1.34. The van der Waals surface area contributed by atoms with Gasteiger partial charge < -0.3 is 4.74 Å². The maximum Gasteiger partial charge on any atom is 0.416 e. The third-order valence-corrected chi connectivity index (χ3v) is 1.77. The van der Waals surface area contributed by atoms with Crippen LogP contribution < -0.4 is 0 Å². The zero-order valence-electron chi connectivity index (χ0n) is 6.66. The monoisotopic (exact) mass is 157 g/mol. The summed E-state index contributed by atoms with van der Waals surface area (Å²) in [7, 11) is 0. The summed E-state index contributed by atoms with van der Waals surface area (Å²) in [6.45, 7) is 3.63. The molecule has 1 saturated heterocycles. The minimum absolute atomic E-state index is 0.0556. The molecule has 4 heteroatoms. The van der Waals surface area contributed by atoms with Crippen LogP contribution in [0.15, 0.2) is 0 Å². The van der Waals surface area contributed by atoms with Crippen LogP contribution in [0.2, 0.25) is 0 Å². The number of hydrogen-bond acceptors (Lipinski definition) is 3. The van der Waals surface area contributed by atoms with E-state index >= 15 is 0 Å². The van der Waals surface area contributed by atoms with Gasteiger partial charge in [0.1, 0.15) is 6.61 Å². The molecule has 1 heterocycles. The van der Waals surface area contributed by atoms with Crippen molar-refractivity contribution in [3.63, 3.8) is 0 Å². The first-order chi connectivity index (χ1) is 5.16. The smallest absolute Gasteiger partial charge is 0.416 e. The van der Waals surface area contributed by atoms with Gasteiger partial charge in [-0.15, -0.1) is 0 Å². The van der Waals surface area contributed by atoms with Crippen LogP contribution in [0.4, 0.5) is 4.79 Å². The van der Waals surface area contributed by atoms with Gasteiger partial charge in [-0.05, 0) is 6.42 Å². The second kappa shape index (κ2) is 2.90. The number of nitrogens with zero attached hydrogens (tertiary/aromatic N) is 1. The lowest BCUT2D eigenvalue weighted by Gasteiger charge is -2.14. The van der Waals surface area contributed by atoms with E-state index in [2.05, 4.69) is 0 Å². The number of carbonyl (C=O) groups excluding carboxylic acids is 2. The first-order valence-corrected chi connectivity index (χ1v) is 3.63. The lowest BCUT2D eigenvalue weighted by atomic mass is 10.2. The van der Waals surface area contributed by atoms with Crippen molar-refractivity contribution in [1.82, 2.24) is 4.90 Å². The molecule has 0 spiro atoms. The van der Waals surface area contributed by atoms with E-state index in [1.807, 2.05) is 6.92 Å². The molecule has 0 N–H and O–H groups in total. The van der Waals surface area contributed by atoms with Crippen LogP contribution in [0.5, 0.6) is 0 Å².